The lowest BCUT2D eigenvalue weighted by Gasteiger charge is -2.05. The average Bonchev–Trinajstić information content (AvgIpc) is 2.88. The van der Waals surface area contributed by atoms with Gasteiger partial charge in [-0.2, -0.15) is 0 Å². The molecule has 0 aliphatic heterocycles. The molecule has 19 heavy (non-hydrogen) atoms. The molecule has 0 unspecified atom stereocenters. The minimum absolute atomic E-state index is 0.0480. The first kappa shape index (κ1) is 13.9. The van der Waals surface area contributed by atoms with Crippen molar-refractivity contribution in [2.24, 2.45) is 5.16 Å². The van der Waals surface area contributed by atoms with Crippen molar-refractivity contribution in [1.82, 2.24) is 4.98 Å². The third kappa shape index (κ3) is 3.28. The zero-order valence-electron chi connectivity index (χ0n) is 9.63. The molecule has 2 aromatic rings. The van der Waals surface area contributed by atoms with Crippen LogP contribution in [0.5, 0.6) is 16.7 Å². The molecule has 0 bridgehead atoms. The van der Waals surface area contributed by atoms with E-state index in [4.69, 9.17) is 37.9 Å². The third-order valence-corrected chi connectivity index (χ3v) is 3.68. The Labute approximate surface area is 123 Å². The van der Waals surface area contributed by atoms with E-state index in [0.717, 1.165) is 11.3 Å². The summed E-state index contributed by atoms with van der Waals surface area (Å²) in [6, 6.07) is 5.02. The average molecular weight is 319 g/mol. The predicted molar refractivity (Wildman–Crippen MR) is 74.4 cm³/mol. The molecule has 2 rings (SSSR count). The van der Waals surface area contributed by atoms with E-state index < -0.39 is 0 Å². The van der Waals surface area contributed by atoms with Crippen molar-refractivity contribution in [3.05, 3.63) is 34.3 Å². The van der Waals surface area contributed by atoms with Gasteiger partial charge in [0.2, 0.25) is 0 Å². The van der Waals surface area contributed by atoms with Crippen LogP contribution in [-0.4, -0.2) is 22.5 Å². The number of aromatic nitrogens is 1. The molecule has 0 saturated heterocycles. The molecule has 0 fully saturated rings. The minimum atomic E-state index is -0.0480. The second-order valence-electron chi connectivity index (χ2n) is 3.28. The molecule has 1 aromatic heterocycles. The molecule has 8 heteroatoms. The molecule has 0 aliphatic rings. The van der Waals surface area contributed by atoms with Crippen molar-refractivity contribution in [2.75, 3.05) is 7.11 Å². The molecule has 0 spiro atoms. The predicted octanol–water partition coefficient (Wildman–Crippen LogP) is 3.97. The number of methoxy groups -OCH3 is 1. The lowest BCUT2D eigenvalue weighted by atomic mass is 10.3. The SMILES string of the molecule is COc1ccc(Oc2ncc(/C(Cl)=N/O)s2)c(Cl)c1. The van der Waals surface area contributed by atoms with Gasteiger partial charge in [-0.05, 0) is 12.1 Å². The van der Waals surface area contributed by atoms with E-state index in [-0.39, 0.29) is 5.17 Å². The summed E-state index contributed by atoms with van der Waals surface area (Å²) < 4.78 is 10.5. The summed E-state index contributed by atoms with van der Waals surface area (Å²) in [5, 5.41) is 12.1. The van der Waals surface area contributed by atoms with Gasteiger partial charge in [0.15, 0.2) is 5.17 Å². The van der Waals surface area contributed by atoms with E-state index in [0.29, 0.717) is 26.6 Å². The van der Waals surface area contributed by atoms with Crippen LogP contribution >= 0.6 is 34.5 Å². The molecule has 5 nitrogen and oxygen atoms in total. The van der Waals surface area contributed by atoms with Gasteiger partial charge in [0, 0.05) is 6.07 Å². The Bertz CT molecular complexity index is 616. The van der Waals surface area contributed by atoms with Crippen molar-refractivity contribution in [3.63, 3.8) is 0 Å². The topological polar surface area (TPSA) is 63.9 Å². The van der Waals surface area contributed by atoms with Crippen LogP contribution in [0.1, 0.15) is 4.88 Å². The van der Waals surface area contributed by atoms with Gasteiger partial charge in [0.25, 0.3) is 5.19 Å². The molecule has 1 heterocycles. The number of nitrogens with zero attached hydrogens (tertiary/aromatic N) is 2. The Balaban J connectivity index is 2.19. The highest BCUT2D eigenvalue weighted by molar-refractivity contribution is 7.17. The number of thiazole rings is 1. The van der Waals surface area contributed by atoms with Gasteiger partial charge in [0.05, 0.1) is 23.2 Å². The molecule has 100 valence electrons. The van der Waals surface area contributed by atoms with Gasteiger partial charge in [0.1, 0.15) is 11.5 Å². The van der Waals surface area contributed by atoms with Crippen molar-refractivity contribution in [3.8, 4) is 16.7 Å². The highest BCUT2D eigenvalue weighted by Crippen LogP contribution is 2.34. The van der Waals surface area contributed by atoms with Crippen LogP contribution in [0.15, 0.2) is 29.6 Å². The van der Waals surface area contributed by atoms with E-state index in [2.05, 4.69) is 10.1 Å². The number of ether oxygens (including phenoxy) is 2. The van der Waals surface area contributed by atoms with Gasteiger partial charge < -0.3 is 14.7 Å². The normalized spacial score (nSPS) is 11.4. The number of oxime groups is 1. The van der Waals surface area contributed by atoms with Gasteiger partial charge in [-0.3, -0.25) is 0 Å². The van der Waals surface area contributed by atoms with E-state index in [1.54, 1.807) is 25.3 Å². The van der Waals surface area contributed by atoms with Crippen molar-refractivity contribution in [2.45, 2.75) is 0 Å². The van der Waals surface area contributed by atoms with Crippen LogP contribution in [0.25, 0.3) is 0 Å². The Morgan fingerprint density at radius 3 is 2.89 bits per heavy atom. The smallest absolute Gasteiger partial charge is 0.279 e. The molecule has 0 radical (unpaired) electrons. The highest BCUT2D eigenvalue weighted by Gasteiger charge is 2.11. The maximum atomic E-state index is 8.55. The molecule has 1 aromatic carbocycles. The molecule has 0 aliphatic carbocycles. The molecule has 0 atom stereocenters. The fourth-order valence-electron chi connectivity index (χ4n) is 1.24. The zero-order valence-corrected chi connectivity index (χ0v) is 12.0. The second-order valence-corrected chi connectivity index (χ2v) is 5.04. The first-order valence-corrected chi connectivity index (χ1v) is 6.56. The largest absolute Gasteiger partial charge is 0.497 e. The lowest BCUT2D eigenvalue weighted by Crippen LogP contribution is -1.86. The summed E-state index contributed by atoms with van der Waals surface area (Å²) in [6.45, 7) is 0. The third-order valence-electron chi connectivity index (χ3n) is 2.11. The molecule has 0 saturated carbocycles. The molecular formula is C11H8Cl2N2O3S. The number of halogens is 2. The van der Waals surface area contributed by atoms with Gasteiger partial charge in [-0.25, -0.2) is 4.98 Å². The van der Waals surface area contributed by atoms with Gasteiger partial charge >= 0.3 is 0 Å². The monoisotopic (exact) mass is 318 g/mol. The Morgan fingerprint density at radius 2 is 2.26 bits per heavy atom. The maximum absolute atomic E-state index is 8.55. The van der Waals surface area contributed by atoms with Crippen LogP contribution < -0.4 is 9.47 Å². The minimum Gasteiger partial charge on any atom is -0.497 e. The zero-order chi connectivity index (χ0) is 13.8. The van der Waals surface area contributed by atoms with Crippen molar-refractivity contribution < 1.29 is 14.7 Å². The van der Waals surface area contributed by atoms with Crippen molar-refractivity contribution in [1.29, 1.82) is 0 Å². The molecular weight excluding hydrogens is 311 g/mol. The lowest BCUT2D eigenvalue weighted by molar-refractivity contribution is 0.321. The Hall–Kier alpha value is -1.50. The molecule has 1 N–H and O–H groups in total. The van der Waals surface area contributed by atoms with E-state index in [1.807, 2.05) is 0 Å². The van der Waals surface area contributed by atoms with Crippen LogP contribution in [0, 0.1) is 0 Å². The van der Waals surface area contributed by atoms with E-state index in [9.17, 15) is 0 Å². The van der Waals surface area contributed by atoms with E-state index >= 15 is 0 Å². The van der Waals surface area contributed by atoms with Crippen LogP contribution in [0.2, 0.25) is 5.02 Å². The van der Waals surface area contributed by atoms with Crippen LogP contribution in [-0.2, 0) is 0 Å². The number of hydrogen-bond donors (Lipinski definition) is 1. The van der Waals surface area contributed by atoms with Crippen molar-refractivity contribution >= 4 is 39.7 Å². The highest BCUT2D eigenvalue weighted by atomic mass is 35.5. The fourth-order valence-corrected chi connectivity index (χ4v) is 2.26. The number of hydrogen-bond acceptors (Lipinski definition) is 6. The number of rotatable bonds is 4. The quantitative estimate of drug-likeness (QED) is 0.526. The summed E-state index contributed by atoms with van der Waals surface area (Å²) in [7, 11) is 1.55. The standard InChI is InChI=1S/C11H8Cl2N2O3S/c1-17-6-2-3-8(7(12)4-6)18-11-14-5-9(19-11)10(13)15-16/h2-5,16H,1H3/b15-10-. The first-order chi connectivity index (χ1) is 9.13. The Morgan fingerprint density at radius 1 is 1.47 bits per heavy atom. The van der Waals surface area contributed by atoms with Gasteiger partial charge in [-0.1, -0.05) is 39.7 Å². The summed E-state index contributed by atoms with van der Waals surface area (Å²) in [6.07, 6.45) is 1.44. The second kappa shape index (κ2) is 6.10. The van der Waals surface area contributed by atoms with E-state index in [1.165, 1.54) is 6.20 Å². The number of benzene rings is 1. The summed E-state index contributed by atoms with van der Waals surface area (Å²) in [4.78, 5) is 4.48. The summed E-state index contributed by atoms with van der Waals surface area (Å²) >= 11 is 12.8. The summed E-state index contributed by atoms with van der Waals surface area (Å²) in [5.74, 6) is 1.08. The van der Waals surface area contributed by atoms with Crippen LogP contribution in [0.4, 0.5) is 0 Å². The fraction of sp³-hybridized carbons (Fsp3) is 0.0909. The first-order valence-electron chi connectivity index (χ1n) is 4.99. The molecule has 0 amide bonds. The van der Waals surface area contributed by atoms with Gasteiger partial charge in [-0.15, -0.1) is 0 Å². The Kier molecular flexibility index (Phi) is 4.47. The van der Waals surface area contributed by atoms with Crippen LogP contribution in [0.3, 0.4) is 0 Å². The maximum Gasteiger partial charge on any atom is 0.279 e. The summed E-state index contributed by atoms with van der Waals surface area (Å²) in [5.41, 5.74) is 0.